The van der Waals surface area contributed by atoms with Gasteiger partial charge in [-0.1, -0.05) is 15.9 Å². The van der Waals surface area contributed by atoms with Crippen LogP contribution in [0.1, 0.15) is 31.7 Å². The van der Waals surface area contributed by atoms with Gasteiger partial charge in [-0.2, -0.15) is 0 Å². The third-order valence-corrected chi connectivity index (χ3v) is 8.08. The SMILES string of the molecule is C[C@]1(c2cc(Br)ccc2F)N=C(NC(=O)O)C2(CCC2)S(=O)(=O)[C@@H]1F. The number of hydrogen-bond donors (Lipinski definition) is 2. The molecule has 0 bridgehead atoms. The van der Waals surface area contributed by atoms with Crippen molar-refractivity contribution >= 4 is 37.7 Å². The zero-order valence-electron chi connectivity index (χ0n) is 13.1. The zero-order chi connectivity index (χ0) is 18.6. The van der Waals surface area contributed by atoms with Gasteiger partial charge in [0.05, 0.1) is 0 Å². The van der Waals surface area contributed by atoms with E-state index in [2.05, 4.69) is 20.9 Å². The Hall–Kier alpha value is -1.55. The summed E-state index contributed by atoms with van der Waals surface area (Å²) < 4.78 is 54.0. The van der Waals surface area contributed by atoms with Crippen LogP contribution in [0, 0.1) is 5.82 Å². The van der Waals surface area contributed by atoms with Crippen LogP contribution in [0.25, 0.3) is 0 Å². The molecule has 0 saturated heterocycles. The van der Waals surface area contributed by atoms with Crippen LogP contribution >= 0.6 is 15.9 Å². The number of amidine groups is 1. The normalized spacial score (nSPS) is 29.6. The average molecular weight is 437 g/mol. The highest BCUT2D eigenvalue weighted by atomic mass is 79.9. The van der Waals surface area contributed by atoms with Gasteiger partial charge < -0.3 is 5.11 Å². The summed E-state index contributed by atoms with van der Waals surface area (Å²) >= 11 is 3.14. The molecule has 136 valence electrons. The van der Waals surface area contributed by atoms with E-state index < -0.39 is 37.5 Å². The van der Waals surface area contributed by atoms with Crippen molar-refractivity contribution in [1.29, 1.82) is 0 Å². The summed E-state index contributed by atoms with van der Waals surface area (Å²) in [5, 5.41) is 11.0. The van der Waals surface area contributed by atoms with E-state index in [1.165, 1.54) is 12.1 Å². The van der Waals surface area contributed by atoms with Crippen molar-refractivity contribution in [2.24, 2.45) is 4.99 Å². The van der Waals surface area contributed by atoms with Crippen molar-refractivity contribution in [2.75, 3.05) is 0 Å². The van der Waals surface area contributed by atoms with E-state index in [0.717, 1.165) is 13.0 Å². The molecule has 6 nitrogen and oxygen atoms in total. The zero-order valence-corrected chi connectivity index (χ0v) is 15.5. The van der Waals surface area contributed by atoms with Gasteiger partial charge in [-0.3, -0.25) is 10.3 Å². The first-order valence-corrected chi connectivity index (χ1v) is 9.82. The molecular formula is C15H15BrF2N2O4S. The van der Waals surface area contributed by atoms with Crippen LogP contribution in [0.4, 0.5) is 13.6 Å². The Morgan fingerprint density at radius 3 is 2.60 bits per heavy atom. The van der Waals surface area contributed by atoms with Gasteiger partial charge in [0.2, 0.25) is 5.50 Å². The number of rotatable bonds is 1. The Morgan fingerprint density at radius 2 is 2.08 bits per heavy atom. The first-order valence-electron chi connectivity index (χ1n) is 7.48. The van der Waals surface area contributed by atoms with Gasteiger partial charge in [0.1, 0.15) is 21.9 Å². The molecule has 1 spiro atoms. The summed E-state index contributed by atoms with van der Waals surface area (Å²) in [6, 6.07) is 3.70. The fourth-order valence-electron chi connectivity index (χ4n) is 3.35. The number of sulfone groups is 1. The number of alkyl halides is 1. The van der Waals surface area contributed by atoms with Crippen molar-refractivity contribution < 1.29 is 27.1 Å². The summed E-state index contributed by atoms with van der Waals surface area (Å²) in [6.07, 6.45) is -0.846. The third kappa shape index (κ3) is 2.49. The van der Waals surface area contributed by atoms with Gasteiger partial charge in [0.15, 0.2) is 9.84 Å². The molecule has 1 aromatic carbocycles. The Balaban J connectivity index is 2.28. The highest BCUT2D eigenvalue weighted by molar-refractivity contribution is 9.10. The lowest BCUT2D eigenvalue weighted by atomic mass is 9.81. The van der Waals surface area contributed by atoms with Crippen molar-refractivity contribution in [3.8, 4) is 0 Å². The molecule has 10 heteroatoms. The number of nitrogens with one attached hydrogen (secondary N) is 1. The Bertz CT molecular complexity index is 886. The Kier molecular flexibility index (Phi) is 4.18. The number of halogens is 3. The molecule has 2 N–H and O–H groups in total. The fraction of sp³-hybridized carbons (Fsp3) is 0.467. The molecule has 0 aromatic heterocycles. The van der Waals surface area contributed by atoms with E-state index in [-0.39, 0.29) is 24.2 Å². The van der Waals surface area contributed by atoms with Crippen LogP contribution in [0.3, 0.4) is 0 Å². The van der Waals surface area contributed by atoms with Crippen LogP contribution in [-0.4, -0.2) is 35.7 Å². The molecule has 1 saturated carbocycles. The number of carboxylic acid groups (broad SMARTS) is 1. The highest BCUT2D eigenvalue weighted by Crippen LogP contribution is 2.51. The number of nitrogens with zero attached hydrogens (tertiary/aromatic N) is 1. The highest BCUT2D eigenvalue weighted by Gasteiger charge is 2.65. The lowest BCUT2D eigenvalue weighted by Gasteiger charge is -2.48. The molecule has 3 rings (SSSR count). The van der Waals surface area contributed by atoms with Crippen molar-refractivity contribution in [1.82, 2.24) is 5.32 Å². The second-order valence-corrected chi connectivity index (χ2v) is 9.57. The number of carbonyl (C=O) groups is 1. The summed E-state index contributed by atoms with van der Waals surface area (Å²) in [4.78, 5) is 15.2. The van der Waals surface area contributed by atoms with Gasteiger partial charge in [0.25, 0.3) is 0 Å². The van der Waals surface area contributed by atoms with E-state index in [1.54, 1.807) is 0 Å². The van der Waals surface area contributed by atoms with Crippen LogP contribution in [-0.2, 0) is 15.4 Å². The van der Waals surface area contributed by atoms with Crippen molar-refractivity contribution in [3.05, 3.63) is 34.1 Å². The van der Waals surface area contributed by atoms with Gasteiger partial charge in [-0.15, -0.1) is 0 Å². The first kappa shape index (κ1) is 18.2. The maximum Gasteiger partial charge on any atom is 0.410 e. The predicted octanol–water partition coefficient (Wildman–Crippen LogP) is 3.12. The molecule has 2 atom stereocenters. The fourth-order valence-corrected chi connectivity index (χ4v) is 6.12. The van der Waals surface area contributed by atoms with E-state index >= 15 is 4.39 Å². The monoisotopic (exact) mass is 436 g/mol. The summed E-state index contributed by atoms with van der Waals surface area (Å²) in [7, 11) is -4.45. The summed E-state index contributed by atoms with van der Waals surface area (Å²) in [5.74, 6) is -1.17. The average Bonchev–Trinajstić information content (AvgIpc) is 2.45. The molecule has 0 unspecified atom stereocenters. The van der Waals surface area contributed by atoms with Crippen molar-refractivity contribution in [3.63, 3.8) is 0 Å². The first-order chi connectivity index (χ1) is 11.5. The Morgan fingerprint density at radius 1 is 1.44 bits per heavy atom. The number of aliphatic imine (C=N–C) groups is 1. The second kappa shape index (κ2) is 5.73. The molecule has 1 amide bonds. The molecule has 2 aliphatic rings. The van der Waals surface area contributed by atoms with Gasteiger partial charge >= 0.3 is 6.09 Å². The number of amides is 1. The third-order valence-electron chi connectivity index (χ3n) is 4.89. The smallest absolute Gasteiger partial charge is 0.410 e. The standard InChI is InChI=1S/C15H15BrF2N2O4S/c1-14(9-7-8(16)3-4-10(9)17)11(18)25(23,24)15(5-2-6-15)12(20-14)19-13(21)22/h3-4,7,11H,2,5-6H2,1H3,(H,19,20)(H,21,22)/t11-,14+/m0/s1. The number of benzene rings is 1. The number of hydrogen-bond acceptors (Lipinski definition) is 4. The van der Waals surface area contributed by atoms with E-state index in [9.17, 15) is 17.6 Å². The van der Waals surface area contributed by atoms with Crippen LogP contribution < -0.4 is 5.32 Å². The van der Waals surface area contributed by atoms with Crippen LogP contribution in [0.5, 0.6) is 0 Å². The van der Waals surface area contributed by atoms with Crippen LogP contribution in [0.2, 0.25) is 0 Å². The molecule has 1 fully saturated rings. The minimum absolute atomic E-state index is 0.0753. The summed E-state index contributed by atoms with van der Waals surface area (Å²) in [6.45, 7) is 1.15. The quantitative estimate of drug-likeness (QED) is 0.706. The Labute approximate surface area is 151 Å². The molecule has 1 aliphatic heterocycles. The molecular weight excluding hydrogens is 422 g/mol. The van der Waals surface area contributed by atoms with E-state index in [0.29, 0.717) is 10.9 Å². The maximum absolute atomic E-state index is 15.2. The molecule has 1 heterocycles. The topological polar surface area (TPSA) is 95.8 Å². The lowest BCUT2D eigenvalue weighted by molar-refractivity contribution is 0.198. The largest absolute Gasteiger partial charge is 0.465 e. The molecule has 1 aromatic rings. The van der Waals surface area contributed by atoms with Gasteiger partial charge in [-0.25, -0.2) is 22.0 Å². The van der Waals surface area contributed by atoms with Gasteiger partial charge in [-0.05, 0) is 44.4 Å². The lowest BCUT2D eigenvalue weighted by Crippen LogP contribution is -2.66. The second-order valence-electron chi connectivity index (χ2n) is 6.37. The molecule has 25 heavy (non-hydrogen) atoms. The predicted molar refractivity (Wildman–Crippen MR) is 90.4 cm³/mol. The minimum Gasteiger partial charge on any atom is -0.465 e. The van der Waals surface area contributed by atoms with Crippen LogP contribution in [0.15, 0.2) is 27.7 Å². The molecule has 0 radical (unpaired) electrons. The molecule has 1 aliphatic carbocycles. The van der Waals surface area contributed by atoms with E-state index in [1.807, 2.05) is 5.32 Å². The maximum atomic E-state index is 15.2. The van der Waals surface area contributed by atoms with E-state index in [4.69, 9.17) is 5.11 Å². The minimum atomic E-state index is -4.45. The van der Waals surface area contributed by atoms with Gasteiger partial charge in [0, 0.05) is 10.0 Å². The van der Waals surface area contributed by atoms with Crippen molar-refractivity contribution in [2.45, 2.75) is 42.0 Å². The summed E-state index contributed by atoms with van der Waals surface area (Å²) in [5.41, 5.74) is -4.87.